The minimum atomic E-state index is -0.423. The van der Waals surface area contributed by atoms with E-state index in [1.165, 1.54) is 12.8 Å². The average molecular weight is 337 g/mol. The monoisotopic (exact) mass is 336 g/mol. The summed E-state index contributed by atoms with van der Waals surface area (Å²) in [5.74, 6) is -0.155. The number of carbonyl (C=O) groups is 2. The molecule has 2 aliphatic rings. The van der Waals surface area contributed by atoms with E-state index in [9.17, 15) is 9.59 Å². The molecule has 124 valence electrons. The van der Waals surface area contributed by atoms with Gasteiger partial charge in [-0.3, -0.25) is 4.79 Å². The van der Waals surface area contributed by atoms with E-state index in [4.69, 9.17) is 11.6 Å². The highest BCUT2D eigenvalue weighted by Crippen LogP contribution is 2.26. The van der Waals surface area contributed by atoms with Crippen molar-refractivity contribution in [2.45, 2.75) is 43.8 Å². The molecule has 3 amide bonds. The van der Waals surface area contributed by atoms with E-state index in [-0.39, 0.29) is 18.5 Å². The van der Waals surface area contributed by atoms with Crippen LogP contribution in [0.15, 0.2) is 24.3 Å². The Labute approximate surface area is 140 Å². The Kier molecular flexibility index (Phi) is 5.03. The Hall–Kier alpha value is -1.79. The number of piperidine rings is 1. The number of hydrogen-bond acceptors (Lipinski definition) is 3. The third-order valence-electron chi connectivity index (χ3n) is 4.33. The zero-order valence-corrected chi connectivity index (χ0v) is 13.5. The molecule has 7 heteroatoms. The van der Waals surface area contributed by atoms with Gasteiger partial charge in [-0.25, -0.2) is 4.79 Å². The van der Waals surface area contributed by atoms with E-state index in [0.29, 0.717) is 22.8 Å². The number of anilines is 1. The molecule has 0 radical (unpaired) electrons. The maximum atomic E-state index is 12.0. The van der Waals surface area contributed by atoms with Crippen molar-refractivity contribution in [2.75, 3.05) is 11.9 Å². The van der Waals surface area contributed by atoms with Gasteiger partial charge < -0.3 is 21.3 Å². The summed E-state index contributed by atoms with van der Waals surface area (Å²) in [4.78, 5) is 23.7. The van der Waals surface area contributed by atoms with Gasteiger partial charge in [-0.15, -0.1) is 0 Å². The van der Waals surface area contributed by atoms with Gasteiger partial charge >= 0.3 is 6.03 Å². The topological polar surface area (TPSA) is 82.3 Å². The van der Waals surface area contributed by atoms with E-state index < -0.39 is 6.03 Å². The minimum Gasteiger partial charge on any atom is -0.352 e. The first kappa shape index (κ1) is 16.1. The molecule has 3 rings (SSSR count). The molecule has 2 unspecified atom stereocenters. The molecule has 2 aliphatic heterocycles. The van der Waals surface area contributed by atoms with E-state index >= 15 is 0 Å². The predicted octanol–water partition coefficient (Wildman–Crippen LogP) is 1.86. The van der Waals surface area contributed by atoms with E-state index in [0.717, 1.165) is 12.8 Å². The fourth-order valence-corrected chi connectivity index (χ4v) is 3.55. The standard InChI is InChI=1S/C16H21ClN4O2/c17-10-2-1-3-11(6-10)21-16(23)18-9-15(22)20-14-7-12-4-5-13(8-14)19-12/h1-3,6,12-14,19H,4-5,7-9H2,(H,20,22)(H2,18,21,23). The second-order valence-electron chi connectivity index (χ2n) is 6.19. The van der Waals surface area contributed by atoms with Gasteiger partial charge in [0.25, 0.3) is 0 Å². The number of urea groups is 1. The van der Waals surface area contributed by atoms with Crippen LogP contribution in [0.2, 0.25) is 5.02 Å². The van der Waals surface area contributed by atoms with Gasteiger partial charge in [-0.2, -0.15) is 0 Å². The SMILES string of the molecule is O=C(CNC(=O)Nc1cccc(Cl)c1)NC1CC2CCC(C1)N2. The second kappa shape index (κ2) is 7.19. The number of amides is 3. The number of halogens is 1. The third-order valence-corrected chi connectivity index (χ3v) is 4.57. The molecule has 2 atom stereocenters. The van der Waals surface area contributed by atoms with Gasteiger partial charge in [-0.05, 0) is 43.9 Å². The van der Waals surface area contributed by atoms with Crippen LogP contribution in [0.3, 0.4) is 0 Å². The van der Waals surface area contributed by atoms with Crippen LogP contribution in [0.1, 0.15) is 25.7 Å². The van der Waals surface area contributed by atoms with Gasteiger partial charge in [-0.1, -0.05) is 17.7 Å². The molecule has 2 fully saturated rings. The molecule has 2 heterocycles. The van der Waals surface area contributed by atoms with Gasteiger partial charge in [0.15, 0.2) is 0 Å². The van der Waals surface area contributed by atoms with Crippen LogP contribution >= 0.6 is 11.6 Å². The van der Waals surface area contributed by atoms with Crippen LogP contribution in [-0.2, 0) is 4.79 Å². The fraction of sp³-hybridized carbons (Fsp3) is 0.500. The fourth-order valence-electron chi connectivity index (χ4n) is 3.36. The van der Waals surface area contributed by atoms with Crippen LogP contribution < -0.4 is 21.3 Å². The van der Waals surface area contributed by atoms with Gasteiger partial charge in [0.05, 0.1) is 6.54 Å². The highest BCUT2D eigenvalue weighted by Gasteiger charge is 2.33. The number of benzene rings is 1. The molecule has 0 aliphatic carbocycles. The Bertz CT molecular complexity index is 583. The van der Waals surface area contributed by atoms with Crippen molar-refractivity contribution in [1.82, 2.24) is 16.0 Å². The van der Waals surface area contributed by atoms with Crippen molar-refractivity contribution in [2.24, 2.45) is 0 Å². The number of rotatable bonds is 4. The maximum absolute atomic E-state index is 12.0. The van der Waals surface area contributed by atoms with Crippen LogP contribution in [0.4, 0.5) is 10.5 Å². The molecule has 2 bridgehead atoms. The summed E-state index contributed by atoms with van der Waals surface area (Å²) in [6.45, 7) is -0.0361. The Morgan fingerprint density at radius 3 is 2.65 bits per heavy atom. The normalized spacial score (nSPS) is 25.7. The van der Waals surface area contributed by atoms with Crippen LogP contribution in [0.25, 0.3) is 0 Å². The first-order valence-corrected chi connectivity index (χ1v) is 8.32. The van der Waals surface area contributed by atoms with Crippen molar-refractivity contribution < 1.29 is 9.59 Å². The van der Waals surface area contributed by atoms with Crippen molar-refractivity contribution in [3.05, 3.63) is 29.3 Å². The lowest BCUT2D eigenvalue weighted by Gasteiger charge is -2.29. The lowest BCUT2D eigenvalue weighted by atomic mass is 10.00. The summed E-state index contributed by atoms with van der Waals surface area (Å²) in [7, 11) is 0. The molecule has 1 aromatic rings. The van der Waals surface area contributed by atoms with Crippen molar-refractivity contribution >= 4 is 29.2 Å². The first-order valence-electron chi connectivity index (χ1n) is 7.94. The second-order valence-corrected chi connectivity index (χ2v) is 6.63. The van der Waals surface area contributed by atoms with Crippen molar-refractivity contribution in [3.8, 4) is 0 Å². The lowest BCUT2D eigenvalue weighted by Crippen LogP contribution is -2.50. The van der Waals surface area contributed by atoms with Gasteiger partial charge in [0, 0.05) is 28.8 Å². The third kappa shape index (κ3) is 4.59. The van der Waals surface area contributed by atoms with Gasteiger partial charge in [0.2, 0.25) is 5.91 Å². The van der Waals surface area contributed by atoms with Crippen LogP contribution in [-0.4, -0.2) is 36.6 Å². The zero-order valence-electron chi connectivity index (χ0n) is 12.8. The zero-order chi connectivity index (χ0) is 16.2. The largest absolute Gasteiger partial charge is 0.352 e. The summed E-state index contributed by atoms with van der Waals surface area (Å²) in [6.07, 6.45) is 4.32. The Balaban J connectivity index is 1.39. The Morgan fingerprint density at radius 1 is 1.22 bits per heavy atom. The lowest BCUT2D eigenvalue weighted by molar-refractivity contribution is -0.121. The molecule has 1 aromatic carbocycles. The molecule has 23 heavy (non-hydrogen) atoms. The molecule has 6 nitrogen and oxygen atoms in total. The number of nitrogens with one attached hydrogen (secondary N) is 4. The van der Waals surface area contributed by atoms with E-state index in [1.54, 1.807) is 24.3 Å². The molecular weight excluding hydrogens is 316 g/mol. The Morgan fingerprint density at radius 2 is 1.96 bits per heavy atom. The summed E-state index contributed by atoms with van der Waals surface area (Å²) >= 11 is 5.85. The average Bonchev–Trinajstić information content (AvgIpc) is 2.84. The van der Waals surface area contributed by atoms with Crippen molar-refractivity contribution in [1.29, 1.82) is 0 Å². The van der Waals surface area contributed by atoms with Gasteiger partial charge in [0.1, 0.15) is 0 Å². The highest BCUT2D eigenvalue weighted by atomic mass is 35.5. The molecule has 0 saturated carbocycles. The molecular formula is C16H21ClN4O2. The number of fused-ring (bicyclic) bond motifs is 2. The van der Waals surface area contributed by atoms with Crippen LogP contribution in [0, 0.1) is 0 Å². The summed E-state index contributed by atoms with van der Waals surface area (Å²) < 4.78 is 0. The quantitative estimate of drug-likeness (QED) is 0.677. The molecule has 0 spiro atoms. The first-order chi connectivity index (χ1) is 11.1. The predicted molar refractivity (Wildman–Crippen MR) is 89.6 cm³/mol. The summed E-state index contributed by atoms with van der Waals surface area (Å²) in [6, 6.07) is 7.69. The van der Waals surface area contributed by atoms with Crippen LogP contribution in [0.5, 0.6) is 0 Å². The van der Waals surface area contributed by atoms with E-state index in [2.05, 4.69) is 21.3 Å². The highest BCUT2D eigenvalue weighted by molar-refractivity contribution is 6.30. The maximum Gasteiger partial charge on any atom is 0.319 e. The number of carbonyl (C=O) groups excluding carboxylic acids is 2. The smallest absolute Gasteiger partial charge is 0.319 e. The van der Waals surface area contributed by atoms with E-state index in [1.807, 2.05) is 0 Å². The minimum absolute atomic E-state index is 0.0361. The summed E-state index contributed by atoms with van der Waals surface area (Å²) in [5.41, 5.74) is 0.588. The molecule has 2 saturated heterocycles. The summed E-state index contributed by atoms with van der Waals surface area (Å²) in [5, 5.41) is 12.3. The molecule has 4 N–H and O–H groups in total. The molecule has 0 aromatic heterocycles. The number of hydrogen-bond donors (Lipinski definition) is 4. The van der Waals surface area contributed by atoms with Crippen molar-refractivity contribution in [3.63, 3.8) is 0 Å².